The van der Waals surface area contributed by atoms with Crippen molar-refractivity contribution >= 4 is 87.9 Å². The van der Waals surface area contributed by atoms with Gasteiger partial charge in [0.1, 0.15) is 0 Å². The minimum atomic E-state index is 0.906. The Bertz CT molecular complexity index is 2460. The topological polar surface area (TPSA) is 41.6 Å². The molecule has 0 fully saturated rings. The van der Waals surface area contributed by atoms with Gasteiger partial charge < -0.3 is 4.98 Å². The minimum Gasteiger partial charge on any atom is -0.354 e. The summed E-state index contributed by atoms with van der Waals surface area (Å²) < 4.78 is 4.36. The first-order valence-corrected chi connectivity index (χ1v) is 18.7. The summed E-state index contributed by atoms with van der Waals surface area (Å²) in [6, 6.07) is 46.9. The quantitative estimate of drug-likeness (QED) is 0.193. The van der Waals surface area contributed by atoms with E-state index < -0.39 is 0 Å². The molecule has 2 aliphatic rings. The van der Waals surface area contributed by atoms with Crippen LogP contribution >= 0.6 is 43.2 Å². The van der Waals surface area contributed by atoms with Crippen molar-refractivity contribution in [3.63, 3.8) is 0 Å². The monoisotopic (exact) mass is 787 g/mol. The van der Waals surface area contributed by atoms with Gasteiger partial charge in [-0.15, -0.1) is 11.3 Å². The summed E-state index contributed by atoms with van der Waals surface area (Å²) in [5.41, 5.74) is 14.3. The highest BCUT2D eigenvalue weighted by Gasteiger charge is 2.19. The summed E-state index contributed by atoms with van der Waals surface area (Å²) in [7, 11) is 0. The lowest BCUT2D eigenvalue weighted by Gasteiger charge is -2.07. The van der Waals surface area contributed by atoms with E-state index in [1.165, 1.54) is 0 Å². The van der Waals surface area contributed by atoms with Crippen LogP contribution in [0.25, 0.3) is 89.2 Å². The van der Waals surface area contributed by atoms with Crippen molar-refractivity contribution in [2.24, 2.45) is 0 Å². The van der Waals surface area contributed by atoms with Crippen LogP contribution in [0.5, 0.6) is 0 Å². The zero-order valence-corrected chi connectivity index (χ0v) is 30.6. The van der Waals surface area contributed by atoms with Gasteiger partial charge in [0.2, 0.25) is 0 Å². The number of H-pyrrole nitrogens is 1. The van der Waals surface area contributed by atoms with E-state index in [0.29, 0.717) is 0 Å². The molecule has 2 aliphatic heterocycles. The van der Waals surface area contributed by atoms with Gasteiger partial charge in [0.05, 0.1) is 22.8 Å². The Labute approximate surface area is 310 Å². The molecule has 4 aromatic carbocycles. The van der Waals surface area contributed by atoms with E-state index in [1.54, 1.807) is 11.3 Å². The second-order valence-corrected chi connectivity index (χ2v) is 15.0. The summed E-state index contributed by atoms with van der Waals surface area (Å²) in [4.78, 5) is 14.6. The molecule has 5 heterocycles. The molecule has 0 unspecified atom stereocenters. The van der Waals surface area contributed by atoms with E-state index in [9.17, 15) is 0 Å². The predicted octanol–water partition coefficient (Wildman–Crippen LogP) is 13.6. The smallest absolute Gasteiger partial charge is 0.0737 e. The highest BCUT2D eigenvalue weighted by molar-refractivity contribution is 9.10. The number of rotatable bonds is 4. The molecule has 6 heteroatoms. The van der Waals surface area contributed by atoms with Crippen LogP contribution in [0.4, 0.5) is 0 Å². The van der Waals surface area contributed by atoms with E-state index in [0.717, 1.165) is 96.7 Å². The first-order valence-electron chi connectivity index (χ1n) is 16.3. The molecule has 0 saturated heterocycles. The zero-order valence-electron chi connectivity index (χ0n) is 26.6. The molecule has 3 nitrogen and oxygen atoms in total. The molecule has 0 amide bonds. The number of hydrogen-bond acceptors (Lipinski definition) is 3. The Morgan fingerprint density at radius 3 is 1.14 bits per heavy atom. The van der Waals surface area contributed by atoms with Crippen LogP contribution in [-0.4, -0.2) is 15.0 Å². The average Bonchev–Trinajstić information content (AvgIpc) is 3.98. The molecule has 0 radical (unpaired) electrons. The van der Waals surface area contributed by atoms with Crippen molar-refractivity contribution in [3.8, 4) is 44.5 Å². The number of halogens is 2. The fraction of sp³-hybridized carbons (Fsp3) is 0. The van der Waals surface area contributed by atoms with Gasteiger partial charge in [-0.3, -0.25) is 0 Å². The Balaban J connectivity index is 1.48. The maximum Gasteiger partial charge on any atom is 0.0737 e. The van der Waals surface area contributed by atoms with Gasteiger partial charge in [-0.2, -0.15) is 0 Å². The van der Waals surface area contributed by atoms with Gasteiger partial charge >= 0.3 is 0 Å². The van der Waals surface area contributed by atoms with Gasteiger partial charge in [-0.25, -0.2) is 9.97 Å². The third kappa shape index (κ3) is 5.69. The molecular formula is C44H27Br2N3S. The van der Waals surface area contributed by atoms with Crippen molar-refractivity contribution in [1.29, 1.82) is 0 Å². The summed E-state index contributed by atoms with van der Waals surface area (Å²) in [5, 5.41) is 0. The Morgan fingerprint density at radius 2 is 0.740 bits per heavy atom. The van der Waals surface area contributed by atoms with E-state index in [2.05, 4.69) is 195 Å². The molecule has 9 rings (SSSR count). The number of aromatic nitrogens is 3. The molecule has 3 aromatic heterocycles. The Morgan fingerprint density at radius 1 is 0.380 bits per heavy atom. The number of nitrogens with zero attached hydrogens (tertiary/aromatic N) is 2. The molecule has 7 aromatic rings. The van der Waals surface area contributed by atoms with E-state index in [1.807, 2.05) is 0 Å². The van der Waals surface area contributed by atoms with E-state index in [4.69, 9.17) is 9.97 Å². The lowest BCUT2D eigenvalue weighted by molar-refractivity contribution is 1.32. The second kappa shape index (κ2) is 13.0. The number of aromatic amines is 1. The van der Waals surface area contributed by atoms with Crippen molar-refractivity contribution in [2.75, 3.05) is 0 Å². The molecule has 0 saturated carbocycles. The van der Waals surface area contributed by atoms with Gasteiger partial charge in [0.15, 0.2) is 0 Å². The third-order valence-corrected chi connectivity index (χ3v) is 11.2. The standard InChI is InChI=1S/C44H27Br2N3S/c45-31-15-11-29(12-16-31)41-33-19-20-34(47-33)42(30-13-17-32(46)18-14-30)36-22-24-38(49-36)44(28-9-5-2-6-10-28)40-26-25-39(50-40)43(27-7-3-1-4-8-27)37-23-21-35(41)48-37/h1-26,47H. The molecular weight excluding hydrogens is 762 g/mol. The first-order chi connectivity index (χ1) is 24.6. The molecule has 0 aliphatic carbocycles. The molecule has 8 bridgehead atoms. The lowest BCUT2D eigenvalue weighted by atomic mass is 10.0. The first kappa shape index (κ1) is 30.9. The van der Waals surface area contributed by atoms with Crippen LogP contribution in [-0.2, 0) is 0 Å². The van der Waals surface area contributed by atoms with Gasteiger partial charge in [0.25, 0.3) is 0 Å². The van der Waals surface area contributed by atoms with Gasteiger partial charge in [-0.05, 0) is 95.1 Å². The van der Waals surface area contributed by atoms with Crippen LogP contribution in [0, 0.1) is 0 Å². The summed E-state index contributed by atoms with van der Waals surface area (Å²) in [6.45, 7) is 0. The number of nitrogens with one attached hydrogen (secondary N) is 1. The number of benzene rings is 4. The normalized spacial score (nSPS) is 12.0. The molecule has 0 spiro atoms. The predicted molar refractivity (Wildman–Crippen MR) is 220 cm³/mol. The molecule has 50 heavy (non-hydrogen) atoms. The number of hydrogen-bond donors (Lipinski definition) is 1. The minimum absolute atomic E-state index is 0.906. The summed E-state index contributed by atoms with van der Waals surface area (Å²) >= 11 is 9.05. The summed E-state index contributed by atoms with van der Waals surface area (Å²) in [6.07, 6.45) is 8.61. The van der Waals surface area contributed by atoms with Crippen LogP contribution < -0.4 is 0 Å². The largest absolute Gasteiger partial charge is 0.354 e. The molecule has 0 atom stereocenters. The highest BCUT2D eigenvalue weighted by Crippen LogP contribution is 2.41. The van der Waals surface area contributed by atoms with Crippen LogP contribution in [0.15, 0.2) is 142 Å². The highest BCUT2D eigenvalue weighted by atomic mass is 79.9. The number of fused-ring (bicyclic) bond motifs is 8. The fourth-order valence-electron chi connectivity index (χ4n) is 6.73. The fourth-order valence-corrected chi connectivity index (χ4v) is 8.42. The van der Waals surface area contributed by atoms with Crippen LogP contribution in [0.3, 0.4) is 0 Å². The van der Waals surface area contributed by atoms with E-state index >= 15 is 0 Å². The SMILES string of the molecule is Brc1ccc(-c2c3nc(c(-c4ccccc4)c4ccc(s4)c(-c4ccccc4)c4nc(c(-c5ccc(Br)cc5)c5ccc2[nH]5)C=C4)C=C3)cc1. The maximum atomic E-state index is 5.39. The van der Waals surface area contributed by atoms with Crippen molar-refractivity contribution in [2.45, 2.75) is 0 Å². The Hall–Kier alpha value is -5.14. The third-order valence-electron chi connectivity index (χ3n) is 9.02. The van der Waals surface area contributed by atoms with Crippen molar-refractivity contribution < 1.29 is 0 Å². The van der Waals surface area contributed by atoms with Gasteiger partial charge in [-0.1, -0.05) is 117 Å². The lowest BCUT2D eigenvalue weighted by Crippen LogP contribution is -1.88. The van der Waals surface area contributed by atoms with Crippen LogP contribution in [0.1, 0.15) is 22.8 Å². The maximum absolute atomic E-state index is 5.39. The van der Waals surface area contributed by atoms with Gasteiger partial charge in [0, 0.05) is 51.6 Å². The second-order valence-electron chi connectivity index (χ2n) is 12.1. The van der Waals surface area contributed by atoms with Crippen molar-refractivity contribution in [1.82, 2.24) is 15.0 Å². The summed E-state index contributed by atoms with van der Waals surface area (Å²) in [5.74, 6) is 0. The average molecular weight is 790 g/mol. The zero-order chi connectivity index (χ0) is 33.6. The Kier molecular flexibility index (Phi) is 8.00. The van der Waals surface area contributed by atoms with Crippen molar-refractivity contribution in [3.05, 3.63) is 165 Å². The molecule has 238 valence electrons. The number of thiophene rings is 1. The van der Waals surface area contributed by atoms with Crippen LogP contribution in [0.2, 0.25) is 0 Å². The molecule has 1 N–H and O–H groups in total. The van der Waals surface area contributed by atoms with E-state index in [-0.39, 0.29) is 0 Å².